The Morgan fingerprint density at radius 1 is 1.56 bits per heavy atom. The van der Waals surface area contributed by atoms with Gasteiger partial charge in [0, 0.05) is 5.56 Å². The van der Waals surface area contributed by atoms with Crippen LogP contribution in [0.4, 0.5) is 0 Å². The molecular formula is C12H16BrNO2. The zero-order chi connectivity index (χ0) is 12.1. The number of nitrogens with one attached hydrogen (secondary N) is 1. The molecule has 0 saturated heterocycles. The van der Waals surface area contributed by atoms with E-state index in [4.69, 9.17) is 4.74 Å². The lowest BCUT2D eigenvalue weighted by molar-refractivity contribution is 0.0952. The smallest absolute Gasteiger partial charge is 0.179 e. The minimum Gasteiger partial charge on any atom is -0.496 e. The molecule has 0 aliphatic rings. The minimum absolute atomic E-state index is 0.0882. The molecule has 1 N–H and O–H groups in total. The summed E-state index contributed by atoms with van der Waals surface area (Å²) in [6.45, 7) is 4.63. The number of hydrogen-bond acceptors (Lipinski definition) is 3. The molecule has 0 amide bonds. The van der Waals surface area contributed by atoms with Crippen molar-refractivity contribution in [1.82, 2.24) is 5.32 Å². The summed E-state index contributed by atoms with van der Waals surface area (Å²) < 4.78 is 5.91. The van der Waals surface area contributed by atoms with Crippen molar-refractivity contribution in [2.45, 2.75) is 19.9 Å². The summed E-state index contributed by atoms with van der Waals surface area (Å²) >= 11 is 3.37. The van der Waals surface area contributed by atoms with Crippen LogP contribution in [0, 0.1) is 0 Å². The standard InChI is InChI=1S/C12H16BrNO2/c1-4-14-8(2)12(15)9-5-6-11(16-3)10(13)7-9/h5-8,14H,4H2,1-3H3. The third-order valence-corrected chi connectivity index (χ3v) is 2.96. The lowest BCUT2D eigenvalue weighted by Gasteiger charge is -2.12. The Morgan fingerprint density at radius 2 is 2.25 bits per heavy atom. The number of halogens is 1. The van der Waals surface area contributed by atoms with Gasteiger partial charge in [-0.05, 0) is 47.6 Å². The molecule has 0 spiro atoms. The van der Waals surface area contributed by atoms with Crippen LogP contribution >= 0.6 is 15.9 Å². The molecule has 1 unspecified atom stereocenters. The van der Waals surface area contributed by atoms with Gasteiger partial charge in [0.1, 0.15) is 5.75 Å². The topological polar surface area (TPSA) is 38.3 Å². The summed E-state index contributed by atoms with van der Waals surface area (Å²) in [7, 11) is 1.60. The predicted octanol–water partition coefficient (Wildman–Crippen LogP) is 2.64. The number of likely N-dealkylation sites (N-methyl/N-ethyl adjacent to an activating group) is 1. The Balaban J connectivity index is 2.88. The Hall–Kier alpha value is -0.870. The number of Topliss-reactive ketones (excluding diaryl/α,β-unsaturated/α-hetero) is 1. The third-order valence-electron chi connectivity index (χ3n) is 2.34. The van der Waals surface area contributed by atoms with E-state index < -0.39 is 0 Å². The molecule has 1 atom stereocenters. The average molecular weight is 286 g/mol. The van der Waals surface area contributed by atoms with Crippen LogP contribution < -0.4 is 10.1 Å². The molecule has 0 aliphatic heterocycles. The van der Waals surface area contributed by atoms with Crippen molar-refractivity contribution in [3.05, 3.63) is 28.2 Å². The lowest BCUT2D eigenvalue weighted by atomic mass is 10.1. The molecule has 1 aromatic rings. The van der Waals surface area contributed by atoms with Crippen LogP contribution in [0.1, 0.15) is 24.2 Å². The van der Waals surface area contributed by atoms with Crippen LogP contribution in [0.15, 0.2) is 22.7 Å². The third kappa shape index (κ3) is 3.06. The van der Waals surface area contributed by atoms with Crippen molar-refractivity contribution in [3.63, 3.8) is 0 Å². The van der Waals surface area contributed by atoms with Gasteiger partial charge >= 0.3 is 0 Å². The molecule has 0 aliphatic carbocycles. The van der Waals surface area contributed by atoms with Gasteiger partial charge in [0.05, 0.1) is 17.6 Å². The molecule has 0 saturated carbocycles. The number of ketones is 1. The van der Waals surface area contributed by atoms with Gasteiger partial charge in [-0.1, -0.05) is 6.92 Å². The van der Waals surface area contributed by atoms with Crippen LogP contribution in [0.5, 0.6) is 5.75 Å². The summed E-state index contributed by atoms with van der Waals surface area (Å²) in [6.07, 6.45) is 0. The molecule has 0 fully saturated rings. The largest absolute Gasteiger partial charge is 0.496 e. The molecule has 0 radical (unpaired) electrons. The molecule has 0 aromatic heterocycles. The normalized spacial score (nSPS) is 12.2. The predicted molar refractivity (Wildman–Crippen MR) is 68.2 cm³/mol. The summed E-state index contributed by atoms with van der Waals surface area (Å²) in [5.41, 5.74) is 0.682. The van der Waals surface area contributed by atoms with Crippen LogP contribution in [-0.2, 0) is 0 Å². The van der Waals surface area contributed by atoms with Crippen molar-refractivity contribution < 1.29 is 9.53 Å². The Kier molecular flexibility index (Phi) is 4.96. The maximum atomic E-state index is 12.0. The van der Waals surface area contributed by atoms with E-state index >= 15 is 0 Å². The average Bonchev–Trinajstić information content (AvgIpc) is 2.28. The SMILES string of the molecule is CCNC(C)C(=O)c1ccc(OC)c(Br)c1. The van der Waals surface area contributed by atoms with E-state index in [9.17, 15) is 4.79 Å². The highest BCUT2D eigenvalue weighted by Crippen LogP contribution is 2.25. The quantitative estimate of drug-likeness (QED) is 0.846. The molecule has 88 valence electrons. The number of carbonyl (C=O) groups is 1. The summed E-state index contributed by atoms with van der Waals surface area (Å²) in [5.74, 6) is 0.817. The van der Waals surface area contributed by atoms with E-state index in [1.807, 2.05) is 13.8 Å². The second-order valence-electron chi connectivity index (χ2n) is 3.49. The number of ether oxygens (including phenoxy) is 1. The number of rotatable bonds is 5. The van der Waals surface area contributed by atoms with E-state index in [2.05, 4.69) is 21.2 Å². The minimum atomic E-state index is -0.162. The Morgan fingerprint density at radius 3 is 2.75 bits per heavy atom. The van der Waals surface area contributed by atoms with Crippen LogP contribution in [0.2, 0.25) is 0 Å². The molecule has 16 heavy (non-hydrogen) atoms. The second kappa shape index (κ2) is 6.01. The highest BCUT2D eigenvalue weighted by molar-refractivity contribution is 9.10. The summed E-state index contributed by atoms with van der Waals surface area (Å²) in [4.78, 5) is 12.0. The van der Waals surface area contributed by atoms with E-state index in [0.29, 0.717) is 5.56 Å². The van der Waals surface area contributed by atoms with E-state index in [-0.39, 0.29) is 11.8 Å². The van der Waals surface area contributed by atoms with Gasteiger partial charge in [0.25, 0.3) is 0 Å². The fraction of sp³-hybridized carbons (Fsp3) is 0.417. The molecule has 3 nitrogen and oxygen atoms in total. The van der Waals surface area contributed by atoms with E-state index in [0.717, 1.165) is 16.8 Å². The van der Waals surface area contributed by atoms with E-state index in [1.54, 1.807) is 25.3 Å². The molecule has 1 aromatic carbocycles. The number of benzene rings is 1. The van der Waals surface area contributed by atoms with Crippen molar-refractivity contribution in [3.8, 4) is 5.75 Å². The lowest BCUT2D eigenvalue weighted by Crippen LogP contribution is -2.33. The van der Waals surface area contributed by atoms with Gasteiger partial charge in [-0.3, -0.25) is 4.79 Å². The zero-order valence-corrected chi connectivity index (χ0v) is 11.3. The Labute approximate surface area is 104 Å². The van der Waals surface area contributed by atoms with Crippen LogP contribution in [0.3, 0.4) is 0 Å². The van der Waals surface area contributed by atoms with Gasteiger partial charge in [0.2, 0.25) is 0 Å². The number of methoxy groups -OCH3 is 1. The van der Waals surface area contributed by atoms with Gasteiger partial charge in [-0.25, -0.2) is 0 Å². The van der Waals surface area contributed by atoms with Gasteiger partial charge in [-0.2, -0.15) is 0 Å². The first-order chi connectivity index (χ1) is 7.60. The first-order valence-electron chi connectivity index (χ1n) is 5.21. The van der Waals surface area contributed by atoms with Crippen LogP contribution in [-0.4, -0.2) is 25.5 Å². The first kappa shape index (κ1) is 13.2. The van der Waals surface area contributed by atoms with Crippen molar-refractivity contribution in [2.24, 2.45) is 0 Å². The van der Waals surface area contributed by atoms with Gasteiger partial charge in [-0.15, -0.1) is 0 Å². The highest BCUT2D eigenvalue weighted by atomic mass is 79.9. The monoisotopic (exact) mass is 285 g/mol. The summed E-state index contributed by atoms with van der Waals surface area (Å²) in [5, 5.41) is 3.10. The molecule has 0 bridgehead atoms. The fourth-order valence-electron chi connectivity index (χ4n) is 1.47. The second-order valence-corrected chi connectivity index (χ2v) is 4.35. The van der Waals surface area contributed by atoms with Crippen molar-refractivity contribution in [1.29, 1.82) is 0 Å². The van der Waals surface area contributed by atoms with Gasteiger partial charge in [0.15, 0.2) is 5.78 Å². The zero-order valence-electron chi connectivity index (χ0n) is 9.71. The van der Waals surface area contributed by atoms with E-state index in [1.165, 1.54) is 0 Å². The first-order valence-corrected chi connectivity index (χ1v) is 6.00. The van der Waals surface area contributed by atoms with Crippen LogP contribution in [0.25, 0.3) is 0 Å². The van der Waals surface area contributed by atoms with Crippen molar-refractivity contribution in [2.75, 3.05) is 13.7 Å². The molecule has 4 heteroatoms. The number of hydrogen-bond donors (Lipinski definition) is 1. The maximum absolute atomic E-state index is 12.0. The highest BCUT2D eigenvalue weighted by Gasteiger charge is 2.15. The maximum Gasteiger partial charge on any atom is 0.179 e. The fourth-order valence-corrected chi connectivity index (χ4v) is 2.01. The molecule has 1 rings (SSSR count). The van der Waals surface area contributed by atoms with Crippen molar-refractivity contribution >= 4 is 21.7 Å². The number of carbonyl (C=O) groups excluding carboxylic acids is 1. The summed E-state index contributed by atoms with van der Waals surface area (Å²) in [6, 6.07) is 5.19. The molecular weight excluding hydrogens is 270 g/mol. The van der Waals surface area contributed by atoms with Gasteiger partial charge < -0.3 is 10.1 Å². The Bertz CT molecular complexity index is 379. The molecule has 0 heterocycles.